The van der Waals surface area contributed by atoms with Crippen LogP contribution in [0.4, 0.5) is 0 Å². The zero-order chi connectivity index (χ0) is 37.3. The van der Waals surface area contributed by atoms with Crippen molar-refractivity contribution >= 4 is 17.6 Å². The molecule has 3 N–H and O–H groups in total. The van der Waals surface area contributed by atoms with Crippen LogP contribution in [0.3, 0.4) is 0 Å². The largest absolute Gasteiger partial charge is 0.507 e. The van der Waals surface area contributed by atoms with E-state index in [1.54, 1.807) is 6.92 Å². The third-order valence-electron chi connectivity index (χ3n) is 17.6. The summed E-state index contributed by atoms with van der Waals surface area (Å²) in [5.74, 6) is 2.80. The number of phenolic OH excluding ortho intramolecular Hbond substituents is 1. The molecule has 7 nitrogen and oxygen atoms in total. The van der Waals surface area contributed by atoms with Gasteiger partial charge in [-0.05, 0) is 161 Å². The number of carbonyl (C=O) groups is 3. The number of benzene rings is 1. The number of Topliss-reactive ketones (excluding diaryl/α,β-unsaturated/α-hetero) is 1. The van der Waals surface area contributed by atoms with Gasteiger partial charge in [-0.3, -0.25) is 25.2 Å². The van der Waals surface area contributed by atoms with Crippen LogP contribution in [0, 0.1) is 77.4 Å². The molecule has 0 aromatic heterocycles. The first-order valence-corrected chi connectivity index (χ1v) is 20.0. The average Bonchev–Trinajstić information content (AvgIpc) is 3.48. The molecule has 0 bridgehead atoms. The molecule has 51 heavy (non-hydrogen) atoms. The lowest BCUT2D eigenvalue weighted by Gasteiger charge is -2.72. The van der Waals surface area contributed by atoms with Gasteiger partial charge in [0.25, 0.3) is 5.91 Å². The van der Waals surface area contributed by atoms with Gasteiger partial charge in [-0.2, -0.15) is 0 Å². The minimum atomic E-state index is -1.15. The van der Waals surface area contributed by atoms with Crippen molar-refractivity contribution in [2.24, 2.45) is 56.7 Å². The summed E-state index contributed by atoms with van der Waals surface area (Å²) in [6.45, 7) is 26.2. The maximum Gasteiger partial charge on any atom is 0.282 e. The molecule has 5 unspecified atom stereocenters. The van der Waals surface area contributed by atoms with Crippen molar-refractivity contribution in [3.05, 3.63) is 34.4 Å². The van der Waals surface area contributed by atoms with Gasteiger partial charge in [0.2, 0.25) is 5.91 Å². The van der Waals surface area contributed by atoms with E-state index in [1.807, 2.05) is 20.8 Å². The van der Waals surface area contributed by atoms with Gasteiger partial charge in [-0.25, -0.2) is 0 Å². The predicted molar refractivity (Wildman–Crippen MR) is 200 cm³/mol. The number of aromatic hydroxyl groups is 1. The Morgan fingerprint density at radius 1 is 0.765 bits per heavy atom. The highest BCUT2D eigenvalue weighted by atomic mass is 16.5. The molecule has 1 aliphatic heterocycles. The molecule has 5 saturated carbocycles. The highest BCUT2D eigenvalue weighted by Crippen LogP contribution is 2.77. The summed E-state index contributed by atoms with van der Waals surface area (Å²) in [5.41, 5.74) is 8.71. The van der Waals surface area contributed by atoms with E-state index in [1.165, 1.54) is 5.57 Å². The lowest BCUT2D eigenvalue weighted by molar-refractivity contribution is -0.233. The van der Waals surface area contributed by atoms with Crippen LogP contribution in [0.25, 0.3) is 0 Å². The van der Waals surface area contributed by atoms with E-state index in [-0.39, 0.29) is 51.1 Å². The van der Waals surface area contributed by atoms with Gasteiger partial charge < -0.3 is 9.84 Å². The fraction of sp³-hybridized carbons (Fsp3) is 0.750. The second kappa shape index (κ2) is 11.6. The van der Waals surface area contributed by atoms with Crippen LogP contribution in [0.15, 0.2) is 12.2 Å². The SMILES string of the molecule is C=C(C)[C@@H]1CC[C@]2(C(=O)NNC(=O)C3(C)CCc4c(C)c(O)c(C)c(C)c4O3)CC[C@]3(C)C(CCC4[C@@]5(C)CCC(=O)C(C)(C)C5CC[C@]43C)C12. The van der Waals surface area contributed by atoms with Gasteiger partial charge in [0.1, 0.15) is 17.3 Å². The first-order valence-electron chi connectivity index (χ1n) is 20.0. The number of rotatable bonds is 3. The summed E-state index contributed by atoms with van der Waals surface area (Å²) in [6, 6.07) is 0. The van der Waals surface area contributed by atoms with Crippen LogP contribution in [0.1, 0.15) is 141 Å². The van der Waals surface area contributed by atoms with E-state index in [2.05, 4.69) is 59.0 Å². The van der Waals surface area contributed by atoms with Crippen LogP contribution >= 0.6 is 0 Å². The van der Waals surface area contributed by atoms with E-state index in [0.717, 1.165) is 80.0 Å². The number of ketones is 1. The van der Waals surface area contributed by atoms with Crippen molar-refractivity contribution in [2.45, 2.75) is 152 Å². The molecule has 6 aliphatic rings. The number of allylic oxidation sites excluding steroid dienone is 1. The Hall–Kier alpha value is -2.83. The molecule has 280 valence electrons. The van der Waals surface area contributed by atoms with Crippen LogP contribution in [-0.2, 0) is 20.8 Å². The summed E-state index contributed by atoms with van der Waals surface area (Å²) in [5, 5.41) is 10.6. The maximum absolute atomic E-state index is 14.7. The lowest BCUT2D eigenvalue weighted by atomic mass is 9.32. The highest BCUT2D eigenvalue weighted by Gasteiger charge is 2.72. The Bertz CT molecular complexity index is 1710. The van der Waals surface area contributed by atoms with Crippen molar-refractivity contribution in [3.63, 3.8) is 0 Å². The lowest BCUT2D eigenvalue weighted by Crippen LogP contribution is -2.67. The number of amides is 2. The number of fused-ring (bicyclic) bond motifs is 8. The molecule has 0 spiro atoms. The smallest absolute Gasteiger partial charge is 0.282 e. The molecule has 5 fully saturated rings. The molecule has 1 aromatic carbocycles. The molecule has 1 aromatic rings. The first-order chi connectivity index (χ1) is 23.7. The van der Waals surface area contributed by atoms with E-state index < -0.39 is 11.0 Å². The third-order valence-corrected chi connectivity index (χ3v) is 17.6. The van der Waals surface area contributed by atoms with Crippen LogP contribution in [0.2, 0.25) is 0 Å². The third kappa shape index (κ3) is 4.76. The molecular formula is C44H64N2O5. The van der Waals surface area contributed by atoms with Gasteiger partial charge in [-0.1, -0.05) is 46.8 Å². The topological polar surface area (TPSA) is 105 Å². The zero-order valence-corrected chi connectivity index (χ0v) is 33.2. The number of hydrogen-bond donors (Lipinski definition) is 3. The Morgan fingerprint density at radius 3 is 2.14 bits per heavy atom. The van der Waals surface area contributed by atoms with Crippen molar-refractivity contribution in [3.8, 4) is 11.5 Å². The molecule has 2 amide bonds. The van der Waals surface area contributed by atoms with Gasteiger partial charge in [0.05, 0.1) is 5.41 Å². The van der Waals surface area contributed by atoms with Gasteiger partial charge in [0.15, 0.2) is 5.60 Å². The highest BCUT2D eigenvalue weighted by molar-refractivity contribution is 5.90. The second-order valence-electron chi connectivity index (χ2n) is 19.8. The minimum absolute atomic E-state index is 0.0604. The summed E-state index contributed by atoms with van der Waals surface area (Å²) >= 11 is 0. The minimum Gasteiger partial charge on any atom is -0.507 e. The molecule has 0 radical (unpaired) electrons. The normalized spacial score (nSPS) is 42.2. The van der Waals surface area contributed by atoms with E-state index in [4.69, 9.17) is 4.74 Å². The van der Waals surface area contributed by atoms with Gasteiger partial charge >= 0.3 is 0 Å². The number of hydrazine groups is 1. The van der Waals surface area contributed by atoms with Gasteiger partial charge in [0, 0.05) is 23.8 Å². The van der Waals surface area contributed by atoms with Gasteiger partial charge in [-0.15, -0.1) is 0 Å². The van der Waals surface area contributed by atoms with Crippen LogP contribution < -0.4 is 15.6 Å². The zero-order valence-electron chi connectivity index (χ0n) is 33.2. The fourth-order valence-corrected chi connectivity index (χ4v) is 14.1. The summed E-state index contributed by atoms with van der Waals surface area (Å²) in [4.78, 5) is 41.7. The second-order valence-corrected chi connectivity index (χ2v) is 19.8. The van der Waals surface area contributed by atoms with Crippen molar-refractivity contribution < 1.29 is 24.2 Å². The Morgan fingerprint density at radius 2 is 1.45 bits per heavy atom. The van der Waals surface area contributed by atoms with Crippen molar-refractivity contribution in [2.75, 3.05) is 0 Å². The molecule has 10 atom stereocenters. The number of carbonyl (C=O) groups excluding carboxylic acids is 3. The maximum atomic E-state index is 14.7. The number of nitrogens with one attached hydrogen (secondary N) is 2. The van der Waals surface area contributed by atoms with Crippen LogP contribution in [0.5, 0.6) is 11.5 Å². The van der Waals surface area contributed by atoms with Crippen molar-refractivity contribution in [1.29, 1.82) is 0 Å². The average molecular weight is 701 g/mol. The molecule has 5 aliphatic carbocycles. The van der Waals surface area contributed by atoms with E-state index >= 15 is 0 Å². The van der Waals surface area contributed by atoms with Crippen LogP contribution in [-0.4, -0.2) is 28.3 Å². The number of ether oxygens (including phenoxy) is 1. The molecule has 7 rings (SSSR count). The fourth-order valence-electron chi connectivity index (χ4n) is 14.1. The van der Waals surface area contributed by atoms with Crippen molar-refractivity contribution in [1.82, 2.24) is 10.9 Å². The Kier molecular flexibility index (Phi) is 8.30. The first kappa shape index (κ1) is 36.5. The molecule has 7 heteroatoms. The molecule has 0 saturated heterocycles. The summed E-state index contributed by atoms with van der Waals surface area (Å²) in [6.07, 6.45) is 10.8. The Labute approximate surface area is 306 Å². The quantitative estimate of drug-likeness (QED) is 0.216. The standard InChI is InChI=1S/C44H64N2O5/c1-24(2)28-15-21-44(38(50)46-45-37(49)43(11)20-14-29-27(5)35(48)25(3)26(4)36(29)51-43)23-22-41(9)30(34(28)44)12-13-32-40(8)18-17-33(47)39(6,7)31(40)16-19-42(32,41)10/h28,30-32,34,48H,1,12-23H2,2-11H3,(H,45,49)(H,46,50)/t28-,30?,31?,32?,34?,40-,41+,42+,43?,44-/m0/s1. The molecular weight excluding hydrogens is 636 g/mol. The van der Waals surface area contributed by atoms with E-state index in [9.17, 15) is 19.5 Å². The predicted octanol–water partition coefficient (Wildman–Crippen LogP) is 8.78. The molecule has 1 heterocycles. The monoisotopic (exact) mass is 700 g/mol. The summed E-state index contributed by atoms with van der Waals surface area (Å²) in [7, 11) is 0. The summed E-state index contributed by atoms with van der Waals surface area (Å²) < 4.78 is 6.44. The van der Waals surface area contributed by atoms with E-state index in [0.29, 0.717) is 48.5 Å². The Balaban J connectivity index is 1.14. The number of phenols is 1. The number of hydrogen-bond acceptors (Lipinski definition) is 5.